The van der Waals surface area contributed by atoms with Crippen molar-refractivity contribution in [3.05, 3.63) is 47.5 Å². The average Bonchev–Trinajstić information content (AvgIpc) is 2.81. The van der Waals surface area contributed by atoms with Crippen LogP contribution in [-0.2, 0) is 6.54 Å². The lowest BCUT2D eigenvalue weighted by atomic mass is 10.2. The third-order valence-electron chi connectivity index (χ3n) is 2.68. The summed E-state index contributed by atoms with van der Waals surface area (Å²) in [4.78, 5) is 0. The van der Waals surface area contributed by atoms with E-state index in [0.29, 0.717) is 6.07 Å². The van der Waals surface area contributed by atoms with Crippen molar-refractivity contribution in [3.63, 3.8) is 0 Å². The van der Waals surface area contributed by atoms with Crippen LogP contribution >= 0.6 is 0 Å². The maximum Gasteiger partial charge on any atom is 0.161 e. The molecule has 0 bridgehead atoms. The third-order valence-corrected chi connectivity index (χ3v) is 2.68. The number of nitrogens with zero attached hydrogens (tertiary/aromatic N) is 2. The van der Waals surface area contributed by atoms with Crippen molar-refractivity contribution < 1.29 is 13.2 Å². The summed E-state index contributed by atoms with van der Waals surface area (Å²) in [7, 11) is 0. The van der Waals surface area contributed by atoms with E-state index < -0.39 is 17.5 Å². The molecule has 0 unspecified atom stereocenters. The second kappa shape index (κ2) is 5.34. The van der Waals surface area contributed by atoms with Gasteiger partial charge in [-0.25, -0.2) is 13.2 Å². The molecule has 0 aliphatic heterocycles. The molecule has 1 heterocycles. The van der Waals surface area contributed by atoms with Crippen LogP contribution in [0.4, 0.5) is 18.9 Å². The monoisotopic (exact) mass is 269 g/mol. The first kappa shape index (κ1) is 13.5. The number of hydrogen-bond acceptors (Lipinski definition) is 2. The normalized spacial score (nSPS) is 11.1. The molecule has 6 heteroatoms. The molecule has 3 nitrogen and oxygen atoms in total. The van der Waals surface area contributed by atoms with E-state index in [-0.39, 0.29) is 18.3 Å². The zero-order valence-electron chi connectivity index (χ0n) is 10.6. The van der Waals surface area contributed by atoms with Crippen LogP contribution < -0.4 is 5.32 Å². The van der Waals surface area contributed by atoms with Crippen molar-refractivity contribution in [2.24, 2.45) is 0 Å². The minimum atomic E-state index is -1.20. The highest BCUT2D eigenvalue weighted by Crippen LogP contribution is 2.19. The first-order chi connectivity index (χ1) is 8.97. The van der Waals surface area contributed by atoms with Gasteiger partial charge in [0.05, 0.1) is 11.9 Å². The standard InChI is InChI=1S/C13H14F3N3/c1-8(2)19-7-9(6-18-19)5-17-13-4-11(15)10(14)3-12(13)16/h3-4,6-8,17H,5H2,1-2H3. The molecular weight excluding hydrogens is 255 g/mol. The highest BCUT2D eigenvalue weighted by molar-refractivity contribution is 5.45. The van der Waals surface area contributed by atoms with Gasteiger partial charge in [-0.2, -0.15) is 5.10 Å². The Kier molecular flexibility index (Phi) is 3.78. The third kappa shape index (κ3) is 3.07. The van der Waals surface area contributed by atoms with Crippen molar-refractivity contribution in [3.8, 4) is 0 Å². The van der Waals surface area contributed by atoms with E-state index in [1.807, 2.05) is 20.0 Å². The van der Waals surface area contributed by atoms with Crippen LogP contribution in [-0.4, -0.2) is 9.78 Å². The van der Waals surface area contributed by atoms with Crippen LogP contribution in [0, 0.1) is 17.5 Å². The summed E-state index contributed by atoms with van der Waals surface area (Å²) in [6.45, 7) is 4.26. The van der Waals surface area contributed by atoms with E-state index in [2.05, 4.69) is 10.4 Å². The number of hydrogen-bond donors (Lipinski definition) is 1. The fraction of sp³-hybridized carbons (Fsp3) is 0.308. The van der Waals surface area contributed by atoms with Gasteiger partial charge in [0.2, 0.25) is 0 Å². The molecule has 1 N–H and O–H groups in total. The van der Waals surface area contributed by atoms with Crippen molar-refractivity contribution in [1.82, 2.24) is 9.78 Å². The summed E-state index contributed by atoms with van der Waals surface area (Å²) in [5.74, 6) is -3.10. The van der Waals surface area contributed by atoms with Crippen molar-refractivity contribution in [2.75, 3.05) is 5.32 Å². The van der Waals surface area contributed by atoms with E-state index in [4.69, 9.17) is 0 Å². The summed E-state index contributed by atoms with van der Waals surface area (Å²) in [5, 5.41) is 6.85. The molecule has 0 radical (unpaired) electrons. The number of nitrogens with one attached hydrogen (secondary N) is 1. The van der Waals surface area contributed by atoms with Crippen molar-refractivity contribution >= 4 is 5.69 Å². The Labute approximate surface area is 109 Å². The van der Waals surface area contributed by atoms with E-state index in [9.17, 15) is 13.2 Å². The van der Waals surface area contributed by atoms with Crippen molar-refractivity contribution in [2.45, 2.75) is 26.4 Å². The molecule has 1 aromatic carbocycles. The van der Waals surface area contributed by atoms with Gasteiger partial charge in [0.25, 0.3) is 0 Å². The van der Waals surface area contributed by atoms with E-state index in [1.54, 1.807) is 10.9 Å². The van der Waals surface area contributed by atoms with Crippen LogP contribution in [0.2, 0.25) is 0 Å². The maximum absolute atomic E-state index is 13.4. The number of halogens is 3. The highest BCUT2D eigenvalue weighted by atomic mass is 19.2. The topological polar surface area (TPSA) is 29.9 Å². The minimum Gasteiger partial charge on any atom is -0.378 e. The molecule has 0 saturated carbocycles. The molecule has 19 heavy (non-hydrogen) atoms. The summed E-state index contributed by atoms with van der Waals surface area (Å²) in [6, 6.07) is 1.56. The molecule has 0 fully saturated rings. The Bertz CT molecular complexity index is 579. The lowest BCUT2D eigenvalue weighted by Gasteiger charge is -2.07. The van der Waals surface area contributed by atoms with Gasteiger partial charge in [0.1, 0.15) is 5.82 Å². The van der Waals surface area contributed by atoms with Crippen LogP contribution in [0.25, 0.3) is 0 Å². The van der Waals surface area contributed by atoms with Gasteiger partial charge in [-0.05, 0) is 13.8 Å². The first-order valence-electron chi connectivity index (χ1n) is 5.89. The lowest BCUT2D eigenvalue weighted by molar-refractivity contribution is 0.496. The van der Waals surface area contributed by atoms with Crippen LogP contribution in [0.1, 0.15) is 25.5 Å². The zero-order chi connectivity index (χ0) is 14.0. The maximum atomic E-state index is 13.4. The van der Waals surface area contributed by atoms with Gasteiger partial charge in [0, 0.05) is 36.5 Å². The fourth-order valence-electron chi connectivity index (χ4n) is 1.61. The molecule has 0 atom stereocenters. The van der Waals surface area contributed by atoms with E-state index in [1.165, 1.54) is 0 Å². The minimum absolute atomic E-state index is 0.0730. The molecule has 2 rings (SSSR count). The number of aromatic nitrogens is 2. The van der Waals surface area contributed by atoms with Gasteiger partial charge in [-0.3, -0.25) is 4.68 Å². The van der Waals surface area contributed by atoms with Crippen LogP contribution in [0.15, 0.2) is 24.5 Å². The SMILES string of the molecule is CC(C)n1cc(CNc2cc(F)c(F)cc2F)cn1. The van der Waals surface area contributed by atoms with Gasteiger partial charge in [-0.15, -0.1) is 0 Å². The smallest absolute Gasteiger partial charge is 0.161 e. The summed E-state index contributed by atoms with van der Waals surface area (Å²) in [5.41, 5.74) is 0.758. The Hall–Kier alpha value is -1.98. The Morgan fingerprint density at radius 2 is 1.84 bits per heavy atom. The van der Waals surface area contributed by atoms with Crippen molar-refractivity contribution in [1.29, 1.82) is 0 Å². The number of rotatable bonds is 4. The molecule has 2 aromatic rings. The molecule has 102 valence electrons. The molecule has 0 aliphatic rings. The Morgan fingerprint density at radius 1 is 1.16 bits per heavy atom. The van der Waals surface area contributed by atoms with Gasteiger partial charge < -0.3 is 5.32 Å². The van der Waals surface area contributed by atoms with Crippen LogP contribution in [0.3, 0.4) is 0 Å². The molecule has 0 saturated heterocycles. The lowest BCUT2D eigenvalue weighted by Crippen LogP contribution is -2.03. The molecule has 0 amide bonds. The Morgan fingerprint density at radius 3 is 2.47 bits per heavy atom. The average molecular weight is 269 g/mol. The summed E-state index contributed by atoms with van der Waals surface area (Å²) in [6.07, 6.45) is 3.46. The molecule has 0 spiro atoms. The Balaban J connectivity index is 2.07. The van der Waals surface area contributed by atoms with E-state index >= 15 is 0 Å². The predicted octanol–water partition coefficient (Wildman–Crippen LogP) is 3.49. The zero-order valence-corrected chi connectivity index (χ0v) is 10.6. The summed E-state index contributed by atoms with van der Waals surface area (Å²) < 4.78 is 40.9. The number of benzene rings is 1. The second-order valence-corrected chi connectivity index (χ2v) is 4.52. The van der Waals surface area contributed by atoms with Gasteiger partial charge in [0.15, 0.2) is 11.6 Å². The molecular formula is C13H14F3N3. The van der Waals surface area contributed by atoms with E-state index in [0.717, 1.165) is 11.6 Å². The number of anilines is 1. The second-order valence-electron chi connectivity index (χ2n) is 4.52. The molecule has 0 aliphatic carbocycles. The summed E-state index contributed by atoms with van der Waals surface area (Å²) >= 11 is 0. The molecule has 1 aromatic heterocycles. The largest absolute Gasteiger partial charge is 0.378 e. The highest BCUT2D eigenvalue weighted by Gasteiger charge is 2.10. The quantitative estimate of drug-likeness (QED) is 0.861. The first-order valence-corrected chi connectivity index (χ1v) is 5.89. The predicted molar refractivity (Wildman–Crippen MR) is 66.3 cm³/mol. The fourth-order valence-corrected chi connectivity index (χ4v) is 1.61. The van der Waals surface area contributed by atoms with Gasteiger partial charge >= 0.3 is 0 Å². The van der Waals surface area contributed by atoms with Gasteiger partial charge in [-0.1, -0.05) is 0 Å². The van der Waals surface area contributed by atoms with Crippen LogP contribution in [0.5, 0.6) is 0 Å².